The Balaban J connectivity index is 0.00000176. The van der Waals surface area contributed by atoms with E-state index in [2.05, 4.69) is 52.9 Å². The van der Waals surface area contributed by atoms with Gasteiger partial charge in [-0.2, -0.15) is 0 Å². The van der Waals surface area contributed by atoms with Gasteiger partial charge in [-0.1, -0.05) is 37.3 Å². The van der Waals surface area contributed by atoms with Crippen molar-refractivity contribution in [1.29, 1.82) is 0 Å². The number of guanidine groups is 1. The Labute approximate surface area is 150 Å². The molecule has 1 aromatic rings. The quantitative estimate of drug-likeness (QED) is 0.452. The summed E-state index contributed by atoms with van der Waals surface area (Å²) >= 11 is 0. The van der Waals surface area contributed by atoms with Crippen LogP contribution in [0.3, 0.4) is 0 Å². The molecule has 22 heavy (non-hydrogen) atoms. The van der Waals surface area contributed by atoms with Gasteiger partial charge in [-0.25, -0.2) is 0 Å². The normalized spacial score (nSPS) is 28.1. The number of aliphatic imine (C=N–C) groups is 1. The van der Waals surface area contributed by atoms with Crippen molar-refractivity contribution in [3.05, 3.63) is 35.9 Å². The number of hydrogen-bond acceptors (Lipinski definition) is 2. The highest BCUT2D eigenvalue weighted by atomic mass is 127. The third-order valence-electron chi connectivity index (χ3n) is 4.60. The highest BCUT2D eigenvalue weighted by molar-refractivity contribution is 14.0. The lowest BCUT2D eigenvalue weighted by molar-refractivity contribution is 0.0992. The lowest BCUT2D eigenvalue weighted by Crippen LogP contribution is -2.48. The Morgan fingerprint density at radius 2 is 2.09 bits per heavy atom. The first kappa shape index (κ1) is 17.5. The van der Waals surface area contributed by atoms with Crippen molar-refractivity contribution < 1.29 is 4.74 Å². The predicted molar refractivity (Wildman–Crippen MR) is 101 cm³/mol. The van der Waals surface area contributed by atoms with E-state index in [0.29, 0.717) is 24.2 Å². The first-order chi connectivity index (χ1) is 10.3. The van der Waals surface area contributed by atoms with E-state index in [9.17, 15) is 0 Å². The van der Waals surface area contributed by atoms with Crippen molar-refractivity contribution in [2.45, 2.75) is 50.4 Å². The fourth-order valence-corrected chi connectivity index (χ4v) is 3.31. The molecular weight excluding hydrogens is 389 g/mol. The van der Waals surface area contributed by atoms with Crippen molar-refractivity contribution in [2.24, 2.45) is 4.99 Å². The predicted octanol–water partition coefficient (Wildman–Crippen LogP) is 2.89. The van der Waals surface area contributed by atoms with Gasteiger partial charge in [-0.05, 0) is 30.7 Å². The number of fused-ring (bicyclic) bond motifs is 2. The molecule has 0 aliphatic carbocycles. The number of nitrogens with one attached hydrogen (secondary N) is 2. The number of rotatable bonds is 4. The van der Waals surface area contributed by atoms with Crippen molar-refractivity contribution in [1.82, 2.24) is 10.6 Å². The van der Waals surface area contributed by atoms with Gasteiger partial charge in [0.2, 0.25) is 0 Å². The van der Waals surface area contributed by atoms with Crippen LogP contribution in [-0.4, -0.2) is 37.8 Å². The van der Waals surface area contributed by atoms with Crippen LogP contribution in [0.25, 0.3) is 0 Å². The summed E-state index contributed by atoms with van der Waals surface area (Å²) in [6.07, 6.45) is 4.35. The second kappa shape index (κ2) is 8.15. The summed E-state index contributed by atoms with van der Waals surface area (Å²) in [5, 5.41) is 6.96. The fourth-order valence-electron chi connectivity index (χ4n) is 3.31. The van der Waals surface area contributed by atoms with Crippen molar-refractivity contribution in [3.63, 3.8) is 0 Å². The number of ether oxygens (including phenoxy) is 1. The zero-order chi connectivity index (χ0) is 14.7. The molecule has 0 radical (unpaired) electrons. The van der Waals surface area contributed by atoms with E-state index in [-0.39, 0.29) is 24.0 Å². The van der Waals surface area contributed by atoms with Crippen LogP contribution >= 0.6 is 24.0 Å². The molecule has 3 rings (SSSR count). The summed E-state index contributed by atoms with van der Waals surface area (Å²) in [5.74, 6) is 1.35. The SMILES string of the molecule is CN=C(NCC(C)c1ccccc1)NC1CC2CCC1O2.I. The van der Waals surface area contributed by atoms with Gasteiger partial charge in [0.05, 0.1) is 18.2 Å². The molecule has 4 nitrogen and oxygen atoms in total. The minimum atomic E-state index is 0. The number of nitrogens with zero attached hydrogens (tertiary/aromatic N) is 1. The van der Waals surface area contributed by atoms with Gasteiger partial charge in [0.15, 0.2) is 5.96 Å². The van der Waals surface area contributed by atoms with Crippen LogP contribution in [0.1, 0.15) is 37.7 Å². The maximum absolute atomic E-state index is 5.88. The number of benzene rings is 1. The second-order valence-corrected chi connectivity index (χ2v) is 6.13. The Morgan fingerprint density at radius 1 is 1.32 bits per heavy atom. The largest absolute Gasteiger partial charge is 0.373 e. The molecule has 2 bridgehead atoms. The van der Waals surface area contributed by atoms with Gasteiger partial charge in [0.25, 0.3) is 0 Å². The summed E-state index contributed by atoms with van der Waals surface area (Å²) in [5.41, 5.74) is 1.35. The molecule has 2 aliphatic heterocycles. The van der Waals surface area contributed by atoms with E-state index in [1.807, 2.05) is 7.05 Å². The van der Waals surface area contributed by atoms with Crippen molar-refractivity contribution >= 4 is 29.9 Å². The molecule has 122 valence electrons. The summed E-state index contributed by atoms with van der Waals surface area (Å²) in [6.45, 7) is 3.11. The van der Waals surface area contributed by atoms with Crippen molar-refractivity contribution in [2.75, 3.05) is 13.6 Å². The van der Waals surface area contributed by atoms with Gasteiger partial charge in [0.1, 0.15) is 0 Å². The zero-order valence-corrected chi connectivity index (χ0v) is 15.6. The molecule has 0 saturated carbocycles. The molecule has 2 aliphatic rings. The van der Waals surface area contributed by atoms with E-state index >= 15 is 0 Å². The average molecular weight is 415 g/mol. The van der Waals surface area contributed by atoms with Gasteiger partial charge < -0.3 is 15.4 Å². The Kier molecular flexibility index (Phi) is 6.50. The second-order valence-electron chi connectivity index (χ2n) is 6.13. The molecule has 0 spiro atoms. The smallest absolute Gasteiger partial charge is 0.191 e. The summed E-state index contributed by atoms with van der Waals surface area (Å²) in [4.78, 5) is 4.34. The van der Waals surface area contributed by atoms with Gasteiger partial charge in [-0.3, -0.25) is 4.99 Å². The monoisotopic (exact) mass is 415 g/mol. The highest BCUT2D eigenvalue weighted by Gasteiger charge is 2.41. The molecule has 2 saturated heterocycles. The molecule has 0 aromatic heterocycles. The van der Waals surface area contributed by atoms with Crippen LogP contribution in [0.15, 0.2) is 35.3 Å². The molecule has 5 heteroatoms. The van der Waals surface area contributed by atoms with Crippen LogP contribution in [0.2, 0.25) is 0 Å². The molecule has 4 atom stereocenters. The zero-order valence-electron chi connectivity index (χ0n) is 13.3. The van der Waals surface area contributed by atoms with Gasteiger partial charge in [0, 0.05) is 13.6 Å². The Morgan fingerprint density at radius 3 is 2.68 bits per heavy atom. The third kappa shape index (κ3) is 4.13. The maximum atomic E-state index is 5.88. The molecule has 1 aromatic carbocycles. The molecule has 4 unspecified atom stereocenters. The minimum absolute atomic E-state index is 0. The Bertz CT molecular complexity index is 494. The summed E-state index contributed by atoms with van der Waals surface area (Å²) in [6, 6.07) is 11.0. The maximum Gasteiger partial charge on any atom is 0.191 e. The fraction of sp³-hybridized carbons (Fsp3) is 0.588. The third-order valence-corrected chi connectivity index (χ3v) is 4.60. The van der Waals surface area contributed by atoms with Crippen LogP contribution in [-0.2, 0) is 4.74 Å². The molecule has 2 fully saturated rings. The van der Waals surface area contributed by atoms with Gasteiger partial charge >= 0.3 is 0 Å². The van der Waals surface area contributed by atoms with Crippen LogP contribution in [0.5, 0.6) is 0 Å². The van der Waals surface area contributed by atoms with E-state index in [1.165, 1.54) is 18.4 Å². The van der Waals surface area contributed by atoms with Crippen LogP contribution in [0.4, 0.5) is 0 Å². The van der Waals surface area contributed by atoms with E-state index < -0.39 is 0 Å². The van der Waals surface area contributed by atoms with E-state index in [1.54, 1.807) is 0 Å². The standard InChI is InChI=1S/C17H25N3O.HI/c1-12(13-6-4-3-5-7-13)11-19-17(18-2)20-15-10-14-8-9-16(15)21-14;/h3-7,12,14-16H,8-11H2,1-2H3,(H2,18,19,20);1H. The lowest BCUT2D eigenvalue weighted by Gasteiger charge is -2.23. The number of halogens is 1. The lowest BCUT2D eigenvalue weighted by atomic mass is 9.96. The molecular formula is C17H26IN3O. The first-order valence-electron chi connectivity index (χ1n) is 7.94. The molecule has 2 heterocycles. The van der Waals surface area contributed by atoms with Gasteiger partial charge in [-0.15, -0.1) is 24.0 Å². The highest BCUT2D eigenvalue weighted by Crippen LogP contribution is 2.34. The first-order valence-corrected chi connectivity index (χ1v) is 7.94. The average Bonchev–Trinajstić information content (AvgIpc) is 3.14. The van der Waals surface area contributed by atoms with E-state index in [0.717, 1.165) is 18.9 Å². The summed E-state index contributed by atoms with van der Waals surface area (Å²) < 4.78 is 5.88. The number of hydrogen-bond donors (Lipinski definition) is 2. The Hall–Kier alpha value is -0.820. The molecule has 0 amide bonds. The van der Waals surface area contributed by atoms with Crippen LogP contribution in [0, 0.1) is 0 Å². The molecule has 2 N–H and O–H groups in total. The minimum Gasteiger partial charge on any atom is -0.373 e. The van der Waals surface area contributed by atoms with Crippen molar-refractivity contribution in [3.8, 4) is 0 Å². The topological polar surface area (TPSA) is 45.7 Å². The van der Waals surface area contributed by atoms with E-state index in [4.69, 9.17) is 4.74 Å². The van der Waals surface area contributed by atoms with Crippen LogP contribution < -0.4 is 10.6 Å². The summed E-state index contributed by atoms with van der Waals surface area (Å²) in [7, 11) is 1.83.